The van der Waals surface area contributed by atoms with E-state index in [1.54, 1.807) is 9.80 Å². The van der Waals surface area contributed by atoms with E-state index in [-0.39, 0.29) is 0 Å². The maximum absolute atomic E-state index is 10.5. The van der Waals surface area contributed by atoms with Crippen LogP contribution in [0.25, 0.3) is 0 Å². The molecule has 1 saturated heterocycles. The van der Waals surface area contributed by atoms with E-state index in [4.69, 9.17) is 5.26 Å². The lowest BCUT2D eigenvalue weighted by molar-refractivity contribution is -1.02. The average Bonchev–Trinajstić information content (AvgIpc) is 2.55. The minimum Gasteiger partial charge on any atom is -0.507 e. The van der Waals surface area contributed by atoms with Gasteiger partial charge in [0.1, 0.15) is 38.5 Å². The van der Waals surface area contributed by atoms with Gasteiger partial charge in [0.2, 0.25) is 0 Å². The van der Waals surface area contributed by atoms with Crippen LogP contribution in [0.2, 0.25) is 0 Å². The number of nitrogens with one attached hydrogen (secondary N) is 2. The number of phenols is 1. The largest absolute Gasteiger partial charge is 0.507 e. The molecule has 1 aromatic rings. The fourth-order valence-electron chi connectivity index (χ4n) is 3.63. The van der Waals surface area contributed by atoms with Crippen LogP contribution in [0.5, 0.6) is 5.75 Å². The lowest BCUT2D eigenvalue weighted by Gasteiger charge is -2.29. The number of rotatable bonds is 6. The molecule has 0 atom stereocenters. The van der Waals surface area contributed by atoms with Gasteiger partial charge in [-0.05, 0) is 35.1 Å². The van der Waals surface area contributed by atoms with Gasteiger partial charge in [-0.15, -0.1) is 0 Å². The molecule has 1 fully saturated rings. The van der Waals surface area contributed by atoms with E-state index in [9.17, 15) is 5.11 Å². The van der Waals surface area contributed by atoms with Crippen molar-refractivity contribution in [1.82, 2.24) is 0 Å². The molecule has 0 radical (unpaired) electrons. The molecule has 132 valence electrons. The molecule has 4 nitrogen and oxygen atoms in total. The van der Waals surface area contributed by atoms with E-state index < -0.39 is 0 Å². The van der Waals surface area contributed by atoms with Crippen LogP contribution in [-0.4, -0.2) is 37.8 Å². The second-order valence-electron chi connectivity index (χ2n) is 7.77. The first kappa shape index (κ1) is 18.8. The molecule has 1 aromatic carbocycles. The summed E-state index contributed by atoms with van der Waals surface area (Å²) in [6.45, 7) is 15.2. The lowest BCUT2D eigenvalue weighted by atomic mass is 9.91. The Morgan fingerprint density at radius 2 is 1.50 bits per heavy atom. The Morgan fingerprint density at radius 3 is 1.96 bits per heavy atom. The molecule has 0 amide bonds. The fraction of sp³-hybridized carbons (Fsp3) is 0.650. The monoisotopic (exact) mass is 331 g/mol. The Kier molecular flexibility index (Phi) is 6.65. The third-order valence-electron chi connectivity index (χ3n) is 5.18. The van der Waals surface area contributed by atoms with Gasteiger partial charge in [0, 0.05) is 5.56 Å². The summed E-state index contributed by atoms with van der Waals surface area (Å²) < 4.78 is 0. The maximum Gasteiger partial charge on any atom is 0.127 e. The van der Waals surface area contributed by atoms with Gasteiger partial charge in [0.25, 0.3) is 0 Å². The predicted octanol–water partition coefficient (Wildman–Crippen LogP) is 0.836. The highest BCUT2D eigenvalue weighted by Gasteiger charge is 2.24. The zero-order valence-electron chi connectivity index (χ0n) is 15.7. The molecule has 24 heavy (non-hydrogen) atoms. The van der Waals surface area contributed by atoms with Crippen molar-refractivity contribution < 1.29 is 14.9 Å². The van der Waals surface area contributed by atoms with Crippen molar-refractivity contribution in [2.45, 2.75) is 52.5 Å². The van der Waals surface area contributed by atoms with Crippen LogP contribution in [0, 0.1) is 11.3 Å². The number of aromatic hydroxyl groups is 1. The predicted molar refractivity (Wildman–Crippen MR) is 96.5 cm³/mol. The fourth-order valence-corrected chi connectivity index (χ4v) is 3.63. The molecule has 0 aliphatic carbocycles. The molecule has 0 unspecified atom stereocenters. The number of benzene rings is 1. The minimum atomic E-state index is 0.338. The van der Waals surface area contributed by atoms with E-state index in [1.165, 1.54) is 5.56 Å². The first-order valence-electron chi connectivity index (χ1n) is 9.32. The molecule has 0 spiro atoms. The summed E-state index contributed by atoms with van der Waals surface area (Å²) in [5.74, 6) is 1.17. The van der Waals surface area contributed by atoms with E-state index in [0.717, 1.165) is 50.4 Å². The van der Waals surface area contributed by atoms with Crippen LogP contribution in [-0.2, 0) is 6.54 Å². The molecule has 0 bridgehead atoms. The highest BCUT2D eigenvalue weighted by Crippen LogP contribution is 2.34. The number of piperazine rings is 1. The smallest absolute Gasteiger partial charge is 0.127 e. The number of nitrogens with zero attached hydrogens (tertiary/aromatic N) is 1. The highest BCUT2D eigenvalue weighted by molar-refractivity contribution is 5.46. The number of phenolic OH excluding ortho intramolecular Hbond substituents is 1. The Morgan fingerprint density at radius 1 is 1.00 bits per heavy atom. The summed E-state index contributed by atoms with van der Waals surface area (Å²) in [5, 5.41) is 19.3. The van der Waals surface area contributed by atoms with Gasteiger partial charge >= 0.3 is 0 Å². The average molecular weight is 332 g/mol. The summed E-state index contributed by atoms with van der Waals surface area (Å²) in [7, 11) is 0. The summed E-state index contributed by atoms with van der Waals surface area (Å²) in [4.78, 5) is 3.18. The number of quaternary nitrogens is 2. The quantitative estimate of drug-likeness (QED) is 0.723. The Labute approximate surface area is 146 Å². The maximum atomic E-state index is 10.5. The minimum absolute atomic E-state index is 0.338. The van der Waals surface area contributed by atoms with Crippen molar-refractivity contribution in [2.75, 3.05) is 32.7 Å². The molecule has 0 saturated carbocycles. The van der Waals surface area contributed by atoms with Crippen molar-refractivity contribution in [2.24, 2.45) is 0 Å². The van der Waals surface area contributed by atoms with Crippen molar-refractivity contribution in [3.8, 4) is 11.8 Å². The molecular formula is C20H33N3O+2. The van der Waals surface area contributed by atoms with Crippen LogP contribution < -0.4 is 9.80 Å². The lowest BCUT2D eigenvalue weighted by Crippen LogP contribution is -3.27. The summed E-state index contributed by atoms with van der Waals surface area (Å²) in [5.41, 5.74) is 3.50. The Bertz CT molecular complexity index is 552. The third-order valence-corrected chi connectivity index (χ3v) is 5.18. The molecule has 1 aliphatic heterocycles. The molecule has 3 N–H and O–H groups in total. The first-order chi connectivity index (χ1) is 11.4. The topological polar surface area (TPSA) is 52.9 Å². The van der Waals surface area contributed by atoms with Crippen LogP contribution in [0.4, 0.5) is 0 Å². The van der Waals surface area contributed by atoms with Crippen LogP contribution in [0.1, 0.15) is 62.6 Å². The van der Waals surface area contributed by atoms with Gasteiger partial charge < -0.3 is 14.9 Å². The van der Waals surface area contributed by atoms with Gasteiger partial charge in [-0.3, -0.25) is 0 Å². The second-order valence-corrected chi connectivity index (χ2v) is 7.77. The van der Waals surface area contributed by atoms with Crippen LogP contribution in [0.15, 0.2) is 12.1 Å². The summed E-state index contributed by atoms with van der Waals surface area (Å²) in [6.07, 6.45) is 0.665. The van der Waals surface area contributed by atoms with Gasteiger partial charge in [-0.25, -0.2) is 0 Å². The normalized spacial score (nSPS) is 21.2. The van der Waals surface area contributed by atoms with Gasteiger partial charge in [-0.2, -0.15) is 5.26 Å². The van der Waals surface area contributed by atoms with Gasteiger partial charge in [0.15, 0.2) is 0 Å². The van der Waals surface area contributed by atoms with Crippen LogP contribution in [0.3, 0.4) is 0 Å². The van der Waals surface area contributed by atoms with E-state index in [1.807, 2.05) is 0 Å². The standard InChI is InChI=1S/C20H31N3O/c1-15(2)18-12-17(13-19(16(3)4)20(18)24)14-23-10-8-22(9-11-23)7-5-6-21/h12-13,15-16,24H,5,7-11,14H2,1-4H3/p+2. The number of nitriles is 1. The zero-order chi connectivity index (χ0) is 17.7. The highest BCUT2D eigenvalue weighted by atomic mass is 16.3. The van der Waals surface area contributed by atoms with Crippen LogP contribution >= 0.6 is 0 Å². The van der Waals surface area contributed by atoms with E-state index in [2.05, 4.69) is 45.9 Å². The van der Waals surface area contributed by atoms with Crippen molar-refractivity contribution in [3.63, 3.8) is 0 Å². The molecule has 4 heteroatoms. The van der Waals surface area contributed by atoms with Crippen molar-refractivity contribution in [1.29, 1.82) is 5.26 Å². The summed E-state index contributed by atoms with van der Waals surface area (Å²) >= 11 is 0. The Balaban J connectivity index is 2.06. The summed E-state index contributed by atoms with van der Waals surface area (Å²) in [6, 6.07) is 6.66. The molecule has 0 aromatic heterocycles. The molecule has 2 rings (SSSR count). The SMILES string of the molecule is CC(C)c1cc(C[NH+]2CC[NH+](CCC#N)CC2)cc(C(C)C)c1O. The van der Waals surface area contributed by atoms with E-state index >= 15 is 0 Å². The third kappa shape index (κ3) is 4.72. The van der Waals surface area contributed by atoms with Crippen molar-refractivity contribution >= 4 is 0 Å². The number of hydrogen-bond donors (Lipinski definition) is 3. The zero-order valence-corrected chi connectivity index (χ0v) is 15.7. The van der Waals surface area contributed by atoms with Gasteiger partial charge in [-0.1, -0.05) is 27.7 Å². The Hall–Kier alpha value is -1.57. The van der Waals surface area contributed by atoms with Crippen molar-refractivity contribution in [3.05, 3.63) is 28.8 Å². The molecular weight excluding hydrogens is 298 g/mol. The molecule has 1 heterocycles. The number of hydrogen-bond acceptors (Lipinski definition) is 2. The van der Waals surface area contributed by atoms with E-state index in [0.29, 0.717) is 24.0 Å². The van der Waals surface area contributed by atoms with Gasteiger partial charge in [0.05, 0.1) is 19.0 Å². The second kappa shape index (κ2) is 8.50. The first-order valence-corrected chi connectivity index (χ1v) is 9.32. The molecule has 1 aliphatic rings.